The van der Waals surface area contributed by atoms with Gasteiger partial charge >= 0.3 is 5.97 Å². The van der Waals surface area contributed by atoms with Gasteiger partial charge in [0.05, 0.1) is 18.1 Å². The van der Waals surface area contributed by atoms with E-state index in [0.29, 0.717) is 6.42 Å². The van der Waals surface area contributed by atoms with Gasteiger partial charge in [0.25, 0.3) is 0 Å². The second kappa shape index (κ2) is 5.19. The molecule has 4 nitrogen and oxygen atoms in total. The van der Waals surface area contributed by atoms with Crippen LogP contribution in [0.5, 0.6) is 0 Å². The molecule has 78 valence electrons. The second-order valence-electron chi connectivity index (χ2n) is 3.43. The molecule has 4 heteroatoms. The van der Waals surface area contributed by atoms with Crippen molar-refractivity contribution in [3.63, 3.8) is 0 Å². The second-order valence-corrected chi connectivity index (χ2v) is 3.43. The maximum atomic E-state index is 10.5. The lowest BCUT2D eigenvalue weighted by Gasteiger charge is -2.26. The Bertz CT molecular complexity index is 167. The first-order valence-corrected chi connectivity index (χ1v) is 4.50. The van der Waals surface area contributed by atoms with Gasteiger partial charge in [-0.3, -0.25) is 4.79 Å². The average molecular weight is 190 g/mol. The van der Waals surface area contributed by atoms with E-state index in [2.05, 4.69) is 0 Å². The summed E-state index contributed by atoms with van der Waals surface area (Å²) in [5.74, 6) is -2.24. The van der Waals surface area contributed by atoms with Gasteiger partial charge in [-0.05, 0) is 20.3 Å². The topological polar surface area (TPSA) is 77.8 Å². The molecule has 0 heterocycles. The molecule has 3 N–H and O–H groups in total. The van der Waals surface area contributed by atoms with E-state index in [4.69, 9.17) is 5.11 Å². The van der Waals surface area contributed by atoms with E-state index in [-0.39, 0.29) is 5.92 Å². The summed E-state index contributed by atoms with van der Waals surface area (Å²) in [4.78, 5) is 10.5. The van der Waals surface area contributed by atoms with Crippen molar-refractivity contribution in [1.29, 1.82) is 0 Å². The molecule has 4 atom stereocenters. The molecule has 0 aromatic heterocycles. The highest BCUT2D eigenvalue weighted by Crippen LogP contribution is 2.20. The van der Waals surface area contributed by atoms with Crippen LogP contribution in [0, 0.1) is 11.8 Å². The van der Waals surface area contributed by atoms with Crippen molar-refractivity contribution in [2.45, 2.75) is 39.4 Å². The van der Waals surface area contributed by atoms with Crippen LogP contribution < -0.4 is 0 Å². The average Bonchev–Trinajstić information content (AvgIpc) is 2.03. The van der Waals surface area contributed by atoms with Gasteiger partial charge in [0.1, 0.15) is 0 Å². The zero-order valence-corrected chi connectivity index (χ0v) is 8.27. The zero-order chi connectivity index (χ0) is 10.6. The van der Waals surface area contributed by atoms with Crippen LogP contribution >= 0.6 is 0 Å². The highest BCUT2D eigenvalue weighted by molar-refractivity contribution is 5.70. The largest absolute Gasteiger partial charge is 0.481 e. The fourth-order valence-corrected chi connectivity index (χ4v) is 1.38. The number of hydrogen-bond acceptors (Lipinski definition) is 3. The van der Waals surface area contributed by atoms with E-state index in [1.165, 1.54) is 6.92 Å². The molecule has 0 aliphatic carbocycles. The van der Waals surface area contributed by atoms with E-state index >= 15 is 0 Å². The van der Waals surface area contributed by atoms with Crippen LogP contribution in [0.3, 0.4) is 0 Å². The van der Waals surface area contributed by atoms with Gasteiger partial charge in [0, 0.05) is 5.92 Å². The number of aliphatic hydroxyl groups excluding tert-OH is 2. The molecule has 0 aliphatic heterocycles. The van der Waals surface area contributed by atoms with E-state index in [1.54, 1.807) is 6.92 Å². The maximum Gasteiger partial charge on any atom is 0.308 e. The molecule has 0 amide bonds. The Balaban J connectivity index is 4.36. The van der Waals surface area contributed by atoms with Crippen LogP contribution in [0.4, 0.5) is 0 Å². The zero-order valence-electron chi connectivity index (χ0n) is 8.27. The lowest BCUT2D eigenvalue weighted by molar-refractivity contribution is -0.147. The minimum absolute atomic E-state index is 0.369. The predicted octanol–water partition coefficient (Wildman–Crippen LogP) is 0.475. The standard InChI is InChI=1S/C9H18O4/c1-4-7(6(3)10)8(11)5(2)9(12)13/h5-8,10-11H,4H2,1-3H3,(H,12,13). The Hall–Kier alpha value is -0.610. The van der Waals surface area contributed by atoms with E-state index in [9.17, 15) is 15.0 Å². The number of hydrogen-bond donors (Lipinski definition) is 3. The Morgan fingerprint density at radius 2 is 1.77 bits per heavy atom. The molecule has 0 saturated carbocycles. The van der Waals surface area contributed by atoms with Crippen LogP contribution in [0.15, 0.2) is 0 Å². The van der Waals surface area contributed by atoms with Gasteiger partial charge in [-0.1, -0.05) is 6.92 Å². The molecule has 0 radical (unpaired) electrons. The van der Waals surface area contributed by atoms with Crippen molar-refractivity contribution >= 4 is 5.97 Å². The van der Waals surface area contributed by atoms with Crippen molar-refractivity contribution in [3.8, 4) is 0 Å². The smallest absolute Gasteiger partial charge is 0.308 e. The molecule has 0 bridgehead atoms. The van der Waals surface area contributed by atoms with Gasteiger partial charge in [0.2, 0.25) is 0 Å². The summed E-state index contributed by atoms with van der Waals surface area (Å²) in [6.07, 6.45) is -1.10. The Kier molecular flexibility index (Phi) is 4.95. The first kappa shape index (κ1) is 12.4. The van der Waals surface area contributed by atoms with E-state index in [1.807, 2.05) is 6.92 Å². The van der Waals surface area contributed by atoms with Crippen molar-refractivity contribution in [2.24, 2.45) is 11.8 Å². The molecule has 0 aromatic carbocycles. The van der Waals surface area contributed by atoms with Crippen molar-refractivity contribution in [1.82, 2.24) is 0 Å². The number of carbonyl (C=O) groups is 1. The van der Waals surface area contributed by atoms with E-state index in [0.717, 1.165) is 0 Å². The molecule has 0 fully saturated rings. The summed E-state index contributed by atoms with van der Waals surface area (Å²) < 4.78 is 0. The Labute approximate surface area is 78.2 Å². The first-order chi connectivity index (χ1) is 5.91. The SMILES string of the molecule is CCC(C(C)O)C(O)C(C)C(=O)O. The van der Waals surface area contributed by atoms with Gasteiger partial charge in [-0.25, -0.2) is 0 Å². The van der Waals surface area contributed by atoms with Crippen molar-refractivity contribution < 1.29 is 20.1 Å². The van der Waals surface area contributed by atoms with Crippen LogP contribution in [0.25, 0.3) is 0 Å². The van der Waals surface area contributed by atoms with Gasteiger partial charge < -0.3 is 15.3 Å². The number of aliphatic hydroxyl groups is 2. The third kappa shape index (κ3) is 3.32. The monoisotopic (exact) mass is 190 g/mol. The molecule has 4 unspecified atom stereocenters. The summed E-state index contributed by atoms with van der Waals surface area (Å²) in [7, 11) is 0. The molecular formula is C9H18O4. The fraction of sp³-hybridized carbons (Fsp3) is 0.889. The van der Waals surface area contributed by atoms with Gasteiger partial charge in [0.15, 0.2) is 0 Å². The fourth-order valence-electron chi connectivity index (χ4n) is 1.38. The minimum atomic E-state index is -1.04. The van der Waals surface area contributed by atoms with Gasteiger partial charge in [-0.15, -0.1) is 0 Å². The Morgan fingerprint density at radius 3 is 2.00 bits per heavy atom. The third-order valence-electron chi connectivity index (χ3n) is 2.43. The summed E-state index contributed by atoms with van der Waals surface area (Å²) in [6, 6.07) is 0. The van der Waals surface area contributed by atoms with Gasteiger partial charge in [-0.2, -0.15) is 0 Å². The number of aliphatic carboxylic acids is 1. The highest BCUT2D eigenvalue weighted by Gasteiger charge is 2.30. The van der Waals surface area contributed by atoms with Crippen LogP contribution in [-0.4, -0.2) is 33.5 Å². The first-order valence-electron chi connectivity index (χ1n) is 4.50. The Morgan fingerprint density at radius 1 is 1.31 bits per heavy atom. The van der Waals surface area contributed by atoms with E-state index < -0.39 is 24.1 Å². The highest BCUT2D eigenvalue weighted by atomic mass is 16.4. The lowest BCUT2D eigenvalue weighted by Crippen LogP contribution is -2.37. The third-order valence-corrected chi connectivity index (χ3v) is 2.43. The number of rotatable bonds is 5. The quantitative estimate of drug-likeness (QED) is 0.589. The lowest BCUT2D eigenvalue weighted by atomic mass is 9.87. The number of carboxylic acid groups (broad SMARTS) is 1. The molecule has 0 aliphatic rings. The predicted molar refractivity (Wildman–Crippen MR) is 48.3 cm³/mol. The summed E-state index contributed by atoms with van der Waals surface area (Å²) in [6.45, 7) is 4.82. The van der Waals surface area contributed by atoms with Crippen molar-refractivity contribution in [3.05, 3.63) is 0 Å². The molecule has 0 spiro atoms. The molecule has 0 saturated heterocycles. The molecule has 0 aromatic rings. The van der Waals surface area contributed by atoms with Crippen molar-refractivity contribution in [2.75, 3.05) is 0 Å². The maximum absolute atomic E-state index is 10.5. The normalized spacial score (nSPS) is 20.4. The van der Waals surface area contributed by atoms with Crippen LogP contribution in [0.1, 0.15) is 27.2 Å². The summed E-state index contributed by atoms with van der Waals surface area (Å²) in [5.41, 5.74) is 0. The number of carboxylic acids is 1. The molecular weight excluding hydrogens is 172 g/mol. The summed E-state index contributed by atoms with van der Waals surface area (Å²) >= 11 is 0. The van der Waals surface area contributed by atoms with Crippen LogP contribution in [-0.2, 0) is 4.79 Å². The molecule has 0 rings (SSSR count). The van der Waals surface area contributed by atoms with Crippen LogP contribution in [0.2, 0.25) is 0 Å². The molecule has 13 heavy (non-hydrogen) atoms. The summed E-state index contributed by atoms with van der Waals surface area (Å²) in [5, 5.41) is 27.5. The minimum Gasteiger partial charge on any atom is -0.481 e.